The summed E-state index contributed by atoms with van der Waals surface area (Å²) >= 11 is 0. The average Bonchev–Trinajstić information content (AvgIpc) is 3.16. The smallest absolute Gasteiger partial charge is 0.249 e. The third-order valence-corrected chi connectivity index (χ3v) is 10.7. The molecule has 5 rings (SSSR count). The molecule has 248 valence electrons. The molecule has 9 nitrogen and oxygen atoms in total. The Morgan fingerprint density at radius 2 is 0.980 bits per heavy atom. The number of rotatable bonds is 13. The van der Waals surface area contributed by atoms with Crippen LogP contribution in [-0.4, -0.2) is 51.1 Å². The van der Waals surface area contributed by atoms with E-state index in [-0.39, 0.29) is 50.6 Å². The van der Waals surface area contributed by atoms with Crippen molar-refractivity contribution in [3.8, 4) is 23.0 Å². The van der Waals surface area contributed by atoms with Crippen molar-refractivity contribution in [1.82, 2.24) is 0 Å². The van der Waals surface area contributed by atoms with Gasteiger partial charge in [-0.3, -0.25) is 19.2 Å². The predicted molar refractivity (Wildman–Crippen MR) is 186 cm³/mol. The number of methoxy groups -OCH3 is 4. The summed E-state index contributed by atoms with van der Waals surface area (Å²) < 4.78 is 38.1. The van der Waals surface area contributed by atoms with Crippen LogP contribution in [0.3, 0.4) is 0 Å². The Balaban J connectivity index is 1.80. The molecule has 0 fully saturated rings. The molecule has 0 aliphatic carbocycles. The number of carbonyl (C=O) groups excluding carboxylic acids is 4. The second kappa shape index (κ2) is 14.5. The highest BCUT2D eigenvalue weighted by molar-refractivity contribution is 8.01. The lowest BCUT2D eigenvalue weighted by Crippen LogP contribution is -2.23. The van der Waals surface area contributed by atoms with Crippen molar-refractivity contribution in [2.45, 2.75) is 6.92 Å². The van der Waals surface area contributed by atoms with Gasteiger partial charge in [-0.15, -0.1) is 0 Å². The molecule has 1 atom stereocenters. The van der Waals surface area contributed by atoms with Crippen LogP contribution in [0.15, 0.2) is 109 Å². The maximum Gasteiger partial charge on any atom is 0.249 e. The van der Waals surface area contributed by atoms with Gasteiger partial charge in [0.15, 0.2) is 11.6 Å². The number of hydrogen-bond acceptors (Lipinski definition) is 9. The van der Waals surface area contributed by atoms with Gasteiger partial charge in [0.1, 0.15) is 34.1 Å². The van der Waals surface area contributed by atoms with E-state index in [1.54, 1.807) is 85.8 Å². The molecule has 0 aromatic heterocycles. The van der Waals surface area contributed by atoms with E-state index in [1.807, 2.05) is 0 Å². The van der Waals surface area contributed by atoms with Gasteiger partial charge in [0, 0.05) is 16.4 Å². The number of benzene rings is 5. The Morgan fingerprint density at radius 1 is 0.510 bits per heavy atom. The highest BCUT2D eigenvalue weighted by Gasteiger charge is 2.48. The molecule has 5 aromatic carbocycles. The summed E-state index contributed by atoms with van der Waals surface area (Å²) in [5.41, 5.74) is -1.93. The Hall–Kier alpha value is -5.79. The van der Waals surface area contributed by atoms with Crippen molar-refractivity contribution in [1.29, 1.82) is 0 Å². The molecular weight excluding hydrogens is 643 g/mol. The van der Waals surface area contributed by atoms with E-state index in [4.69, 9.17) is 18.9 Å². The summed E-state index contributed by atoms with van der Waals surface area (Å²) in [6, 6.07) is 28.6. The summed E-state index contributed by atoms with van der Waals surface area (Å²) in [7, 11) is 0.201. The van der Waals surface area contributed by atoms with Gasteiger partial charge in [0.2, 0.25) is 18.2 Å². The lowest BCUT2D eigenvalue weighted by Gasteiger charge is -2.23. The van der Waals surface area contributed by atoms with Gasteiger partial charge in [-0.2, -0.15) is 0 Å². The van der Waals surface area contributed by atoms with E-state index in [0.29, 0.717) is 16.7 Å². The minimum absolute atomic E-state index is 0.00819. The fraction of sp³-hybridized carbons (Fsp3) is 0.128. The lowest BCUT2D eigenvalue weighted by atomic mass is 9.95. The average molecular weight is 677 g/mol. The molecular formula is C39H33O9P. The maximum atomic E-state index is 15.6. The number of carbonyl (C=O) groups is 4. The first-order chi connectivity index (χ1) is 23.6. The molecule has 0 radical (unpaired) electrons. The van der Waals surface area contributed by atoms with E-state index in [1.165, 1.54) is 58.8 Å². The first-order valence-electron chi connectivity index (χ1n) is 15.1. The van der Waals surface area contributed by atoms with Crippen molar-refractivity contribution < 1.29 is 42.7 Å². The molecule has 5 aromatic rings. The first-order valence-corrected chi connectivity index (χ1v) is 16.8. The predicted octanol–water partition coefficient (Wildman–Crippen LogP) is 7.16. The lowest BCUT2D eigenvalue weighted by molar-refractivity contribution is 0.102. The molecule has 0 saturated heterocycles. The molecule has 0 aliphatic rings. The molecule has 1 unspecified atom stereocenters. The third-order valence-electron chi connectivity index (χ3n) is 8.07. The van der Waals surface area contributed by atoms with Crippen LogP contribution in [0, 0.1) is 6.92 Å². The van der Waals surface area contributed by atoms with E-state index in [0.717, 1.165) is 0 Å². The summed E-state index contributed by atoms with van der Waals surface area (Å²) in [6.45, 7) is 1.66. The van der Waals surface area contributed by atoms with Gasteiger partial charge in [-0.1, -0.05) is 91.0 Å². The molecule has 0 N–H and O–H groups in total. The Morgan fingerprint density at radius 3 is 1.47 bits per heavy atom. The maximum absolute atomic E-state index is 15.6. The van der Waals surface area contributed by atoms with Crippen LogP contribution in [0.4, 0.5) is 0 Å². The highest BCUT2D eigenvalue weighted by Crippen LogP contribution is 2.57. The minimum Gasteiger partial charge on any atom is -0.496 e. The van der Waals surface area contributed by atoms with Crippen LogP contribution in [-0.2, 0) is 4.57 Å². The summed E-state index contributed by atoms with van der Waals surface area (Å²) in [6.07, 6.45) is 0. The Labute approximate surface area is 283 Å². The zero-order valence-corrected chi connectivity index (χ0v) is 28.4. The summed E-state index contributed by atoms with van der Waals surface area (Å²) in [4.78, 5) is 57.5. The fourth-order valence-corrected chi connectivity index (χ4v) is 7.99. The SMILES string of the molecule is COc1ccc(C(=O)c2ccccc2)c(OC)c1C(=O)P(=O)(C(=O)c1c(OC)cc(C)c(C(=O)c2ccccc2)c1OC)c1ccccc1. The van der Waals surface area contributed by atoms with E-state index < -0.39 is 29.8 Å². The molecule has 0 heterocycles. The summed E-state index contributed by atoms with van der Waals surface area (Å²) in [5, 5.41) is -0.102. The van der Waals surface area contributed by atoms with Crippen LogP contribution in [0.2, 0.25) is 0 Å². The van der Waals surface area contributed by atoms with Crippen LogP contribution in [0.5, 0.6) is 23.0 Å². The second-order valence-corrected chi connectivity index (χ2v) is 13.4. The highest BCUT2D eigenvalue weighted by atomic mass is 31.2. The van der Waals surface area contributed by atoms with Crippen LogP contribution in [0.1, 0.15) is 58.1 Å². The van der Waals surface area contributed by atoms with Crippen molar-refractivity contribution in [3.05, 3.63) is 148 Å². The zero-order valence-electron chi connectivity index (χ0n) is 27.5. The zero-order chi connectivity index (χ0) is 35.3. The topological polar surface area (TPSA) is 122 Å². The number of hydrogen-bond donors (Lipinski definition) is 0. The van der Waals surface area contributed by atoms with Crippen LogP contribution < -0.4 is 24.3 Å². The van der Waals surface area contributed by atoms with Gasteiger partial charge in [0.05, 0.1) is 39.6 Å². The molecule has 0 saturated carbocycles. The first kappa shape index (κ1) is 34.5. The summed E-state index contributed by atoms with van der Waals surface area (Å²) in [5.74, 6) is -1.47. The Bertz CT molecular complexity index is 2110. The molecule has 49 heavy (non-hydrogen) atoms. The normalized spacial score (nSPS) is 11.9. The minimum atomic E-state index is -4.94. The van der Waals surface area contributed by atoms with Gasteiger partial charge in [-0.25, -0.2) is 0 Å². The van der Waals surface area contributed by atoms with Gasteiger partial charge < -0.3 is 23.5 Å². The molecule has 0 aliphatic heterocycles. The van der Waals surface area contributed by atoms with E-state index in [9.17, 15) is 19.2 Å². The Kier molecular flexibility index (Phi) is 10.3. The van der Waals surface area contributed by atoms with E-state index >= 15 is 4.57 Å². The number of ketones is 2. The van der Waals surface area contributed by atoms with Crippen molar-refractivity contribution in [2.24, 2.45) is 0 Å². The molecule has 0 spiro atoms. The molecule has 0 amide bonds. The number of ether oxygens (including phenoxy) is 4. The van der Waals surface area contributed by atoms with Gasteiger partial charge >= 0.3 is 0 Å². The molecule has 0 bridgehead atoms. The van der Waals surface area contributed by atoms with Crippen molar-refractivity contribution >= 4 is 35.1 Å². The quantitative estimate of drug-likeness (QED) is 0.0944. The van der Waals surface area contributed by atoms with Crippen molar-refractivity contribution in [3.63, 3.8) is 0 Å². The molecule has 10 heteroatoms. The van der Waals surface area contributed by atoms with Crippen LogP contribution in [0.25, 0.3) is 0 Å². The van der Waals surface area contributed by atoms with Gasteiger partial charge in [-0.05, 0) is 30.7 Å². The number of aryl methyl sites for hydroxylation is 1. The second-order valence-electron chi connectivity index (χ2n) is 10.8. The standard InChI is InChI=1S/C39H33O9P/c1-24-23-30(46-3)33(37(48-5)31(24)35(41)26-17-11-7-12-18-26)39(43)49(44,27-19-13-8-14-20-27)38(42)32-29(45-2)22-21-28(36(32)47-4)34(40)25-15-9-6-10-16-25/h6-23H,1-5H3. The van der Waals surface area contributed by atoms with Crippen molar-refractivity contribution in [2.75, 3.05) is 28.4 Å². The fourth-order valence-electron chi connectivity index (χ4n) is 5.69. The largest absolute Gasteiger partial charge is 0.496 e. The van der Waals surface area contributed by atoms with Gasteiger partial charge in [0.25, 0.3) is 0 Å². The monoisotopic (exact) mass is 676 g/mol. The van der Waals surface area contributed by atoms with E-state index in [2.05, 4.69) is 0 Å². The van der Waals surface area contributed by atoms with Crippen LogP contribution >= 0.6 is 7.14 Å². The third kappa shape index (κ3) is 6.17.